The van der Waals surface area contributed by atoms with Gasteiger partial charge in [-0.15, -0.1) is 0 Å². The van der Waals surface area contributed by atoms with Gasteiger partial charge in [-0.25, -0.2) is 0 Å². The second-order valence-electron chi connectivity index (χ2n) is 9.32. The van der Waals surface area contributed by atoms with Crippen LogP contribution < -0.4 is 10.2 Å². The molecule has 33 heavy (non-hydrogen) atoms. The van der Waals surface area contributed by atoms with E-state index in [0.29, 0.717) is 0 Å². The Labute approximate surface area is 216 Å². The molecule has 0 rings (SSSR count). The van der Waals surface area contributed by atoms with E-state index in [2.05, 4.69) is 13.8 Å². The average molecular weight is 511 g/mol. The smallest absolute Gasteiger partial charge is 0.550 e. The predicted octanol–water partition coefficient (Wildman–Crippen LogP) is 6.87. The average Bonchev–Trinajstić information content (AvgIpc) is 2.76. The Balaban J connectivity index is -0.000000529. The molecule has 0 heterocycles. The first-order valence-corrected chi connectivity index (χ1v) is 13.9. The summed E-state index contributed by atoms with van der Waals surface area (Å²) in [6.45, 7) is 4.49. The molecule has 0 aromatic heterocycles. The third-order valence-corrected chi connectivity index (χ3v) is 5.97. The van der Waals surface area contributed by atoms with Crippen molar-refractivity contribution in [2.24, 2.45) is 0 Å². The van der Waals surface area contributed by atoms with Gasteiger partial charge >= 0.3 is 17.1 Å². The van der Waals surface area contributed by atoms with E-state index in [4.69, 9.17) is 0 Å². The summed E-state index contributed by atoms with van der Waals surface area (Å²) >= 11 is 0. The fourth-order valence-corrected chi connectivity index (χ4v) is 3.87. The monoisotopic (exact) mass is 510 g/mol. The van der Waals surface area contributed by atoms with Crippen molar-refractivity contribution in [3.8, 4) is 0 Å². The molecule has 4 nitrogen and oxygen atoms in total. The van der Waals surface area contributed by atoms with E-state index >= 15 is 0 Å². The van der Waals surface area contributed by atoms with E-state index in [1.165, 1.54) is 116 Å². The Kier molecular flexibility index (Phi) is 37.7. The van der Waals surface area contributed by atoms with E-state index in [0.717, 1.165) is 25.7 Å². The van der Waals surface area contributed by atoms with Gasteiger partial charge in [0.2, 0.25) is 0 Å². The normalized spacial score (nSPS) is 10.2. The maximum atomic E-state index is 10.1. The third kappa shape index (κ3) is 42.1. The van der Waals surface area contributed by atoms with Crippen molar-refractivity contribution in [3.05, 3.63) is 0 Å². The Morgan fingerprint density at radius 3 is 0.758 bits per heavy atom. The summed E-state index contributed by atoms with van der Waals surface area (Å²) in [4.78, 5) is 20.3. The molecule has 0 aromatic rings. The number of carbonyl (C=O) groups is 2. The molecule has 0 saturated carbocycles. The minimum atomic E-state index is -0.907. The minimum absolute atomic E-state index is 0. The molecule has 0 aliphatic carbocycles. The molecule has 5 heteroatoms. The third-order valence-electron chi connectivity index (χ3n) is 5.97. The fraction of sp³-hybridized carbons (Fsp3) is 0.929. The molecule has 0 atom stereocenters. The van der Waals surface area contributed by atoms with Gasteiger partial charge in [0, 0.05) is 11.9 Å². The van der Waals surface area contributed by atoms with Gasteiger partial charge in [0.15, 0.2) is 0 Å². The van der Waals surface area contributed by atoms with Crippen LogP contribution in [0.1, 0.15) is 168 Å². The van der Waals surface area contributed by atoms with Crippen molar-refractivity contribution in [2.45, 2.75) is 168 Å². The van der Waals surface area contributed by atoms with Crippen LogP contribution in [-0.4, -0.2) is 11.9 Å². The summed E-state index contributed by atoms with van der Waals surface area (Å²) in [5, 5.41) is 20.3. The number of carboxylic acid groups (broad SMARTS) is 2. The minimum Gasteiger partial charge on any atom is -0.550 e. The molecule has 0 aliphatic heterocycles. The summed E-state index contributed by atoms with van der Waals surface area (Å²) in [6, 6.07) is 0. The van der Waals surface area contributed by atoms with Gasteiger partial charge < -0.3 is 19.8 Å². The quantitative estimate of drug-likeness (QED) is 0.105. The van der Waals surface area contributed by atoms with Crippen molar-refractivity contribution in [3.63, 3.8) is 0 Å². The van der Waals surface area contributed by atoms with Gasteiger partial charge in [-0.2, -0.15) is 0 Å². The molecule has 0 aromatic carbocycles. The van der Waals surface area contributed by atoms with Crippen molar-refractivity contribution in [2.75, 3.05) is 0 Å². The zero-order valence-electron chi connectivity index (χ0n) is 22.0. The van der Waals surface area contributed by atoms with Gasteiger partial charge in [0.05, 0.1) is 0 Å². The molecule has 0 radical (unpaired) electrons. The van der Waals surface area contributed by atoms with E-state index in [1.807, 2.05) is 0 Å². The molecule has 0 amide bonds. The van der Waals surface area contributed by atoms with E-state index < -0.39 is 11.9 Å². The summed E-state index contributed by atoms with van der Waals surface area (Å²) in [5.41, 5.74) is 0. The standard InChI is InChI=1S/2C14H28O2.Fe/c2*1-2-3-4-5-6-7-8-9-10-11-12-13-14(15)16;/h2*2-13H2,1H3,(H,15,16);/q;;+2/p-2. The van der Waals surface area contributed by atoms with Crippen molar-refractivity contribution in [1.29, 1.82) is 0 Å². The Hall–Kier alpha value is -0.541. The molecule has 0 spiro atoms. The molecule has 198 valence electrons. The van der Waals surface area contributed by atoms with Gasteiger partial charge in [-0.3, -0.25) is 0 Å². The number of aliphatic carboxylic acids is 2. The fourth-order valence-electron chi connectivity index (χ4n) is 3.87. The van der Waals surface area contributed by atoms with Crippen molar-refractivity contribution < 1.29 is 36.9 Å². The van der Waals surface area contributed by atoms with Crippen LogP contribution in [-0.2, 0) is 26.7 Å². The van der Waals surface area contributed by atoms with Crippen LogP contribution in [0.3, 0.4) is 0 Å². The first-order chi connectivity index (χ1) is 15.5. The first-order valence-electron chi connectivity index (χ1n) is 13.9. The number of unbranched alkanes of at least 4 members (excludes halogenated alkanes) is 20. The van der Waals surface area contributed by atoms with Crippen LogP contribution >= 0.6 is 0 Å². The van der Waals surface area contributed by atoms with Gasteiger partial charge in [0.1, 0.15) is 0 Å². The molecular weight excluding hydrogens is 456 g/mol. The largest absolute Gasteiger partial charge is 2.00 e. The molecule has 0 unspecified atom stereocenters. The van der Waals surface area contributed by atoms with Crippen LogP contribution in [0.4, 0.5) is 0 Å². The molecular formula is C28H54FeO4. The molecule has 0 aliphatic rings. The SMILES string of the molecule is CCCCCCCCCCCCCC(=O)[O-].CCCCCCCCCCCCCC(=O)[O-].[Fe+2]. The molecule has 0 fully saturated rings. The number of hydrogen-bond donors (Lipinski definition) is 0. The van der Waals surface area contributed by atoms with E-state index in [1.54, 1.807) is 0 Å². The van der Waals surface area contributed by atoms with Crippen molar-refractivity contribution >= 4 is 11.9 Å². The number of carbonyl (C=O) groups excluding carboxylic acids is 2. The predicted molar refractivity (Wildman–Crippen MR) is 132 cm³/mol. The van der Waals surface area contributed by atoms with Crippen molar-refractivity contribution in [1.82, 2.24) is 0 Å². The molecule has 0 bridgehead atoms. The van der Waals surface area contributed by atoms with Crippen LogP contribution in [0.2, 0.25) is 0 Å². The summed E-state index contributed by atoms with van der Waals surface area (Å²) in [6.07, 6.45) is 28.1. The second kappa shape index (κ2) is 33.6. The van der Waals surface area contributed by atoms with Crippen LogP contribution in [0.5, 0.6) is 0 Å². The number of hydrogen-bond acceptors (Lipinski definition) is 4. The van der Waals surface area contributed by atoms with Crippen LogP contribution in [0.15, 0.2) is 0 Å². The van der Waals surface area contributed by atoms with Gasteiger partial charge in [-0.05, 0) is 25.7 Å². The van der Waals surface area contributed by atoms with Gasteiger partial charge in [0.25, 0.3) is 0 Å². The Morgan fingerprint density at radius 2 is 0.576 bits per heavy atom. The number of carboxylic acids is 2. The molecule has 0 saturated heterocycles. The van der Waals surface area contributed by atoms with E-state index in [9.17, 15) is 19.8 Å². The zero-order chi connectivity index (χ0) is 24.1. The Bertz CT molecular complexity index is 352. The maximum Gasteiger partial charge on any atom is 2.00 e. The Morgan fingerprint density at radius 1 is 0.394 bits per heavy atom. The second-order valence-corrected chi connectivity index (χ2v) is 9.32. The molecule has 0 N–H and O–H groups in total. The van der Waals surface area contributed by atoms with Crippen LogP contribution in [0.25, 0.3) is 0 Å². The summed E-state index contributed by atoms with van der Waals surface area (Å²) in [5.74, 6) is -1.81. The zero-order valence-corrected chi connectivity index (χ0v) is 23.1. The van der Waals surface area contributed by atoms with E-state index in [-0.39, 0.29) is 29.9 Å². The van der Waals surface area contributed by atoms with Gasteiger partial charge in [-0.1, -0.05) is 142 Å². The summed E-state index contributed by atoms with van der Waals surface area (Å²) in [7, 11) is 0. The number of rotatable bonds is 24. The topological polar surface area (TPSA) is 80.3 Å². The maximum absolute atomic E-state index is 10.1. The van der Waals surface area contributed by atoms with Crippen LogP contribution in [0, 0.1) is 0 Å². The first kappa shape index (κ1) is 37.0. The summed E-state index contributed by atoms with van der Waals surface area (Å²) < 4.78 is 0.